The number of halogens is 3. The van der Waals surface area contributed by atoms with Crippen LogP contribution in [0, 0.1) is 5.82 Å². The zero-order valence-corrected chi connectivity index (χ0v) is 9.00. The summed E-state index contributed by atoms with van der Waals surface area (Å²) in [6.07, 6.45) is 1.49. The second-order valence-corrected chi connectivity index (χ2v) is 3.57. The van der Waals surface area contributed by atoms with Crippen LogP contribution in [0.15, 0.2) is 24.4 Å². The second kappa shape index (κ2) is 4.16. The van der Waals surface area contributed by atoms with Crippen molar-refractivity contribution in [1.29, 1.82) is 0 Å². The van der Waals surface area contributed by atoms with Gasteiger partial charge in [-0.25, -0.2) is 9.07 Å². The van der Waals surface area contributed by atoms with Crippen molar-refractivity contribution >= 4 is 23.2 Å². The van der Waals surface area contributed by atoms with Gasteiger partial charge in [-0.15, -0.1) is 16.7 Å². The molecule has 0 saturated carbocycles. The molecule has 1 aromatic heterocycles. The molecular formula is C9H6Cl2FN3. The van der Waals surface area contributed by atoms with Crippen LogP contribution < -0.4 is 0 Å². The molecule has 6 heteroatoms. The third-order valence-corrected chi connectivity index (χ3v) is 2.40. The zero-order valence-electron chi connectivity index (χ0n) is 7.49. The molecule has 1 heterocycles. The van der Waals surface area contributed by atoms with Gasteiger partial charge in [0.15, 0.2) is 0 Å². The Bertz CT molecular complexity index is 484. The van der Waals surface area contributed by atoms with E-state index in [9.17, 15) is 4.39 Å². The standard InChI is InChI=1S/C9H6Cl2FN3/c10-4-7-5-13-14-15(7)9-2-1-6(11)3-8(9)12/h1-3,5H,4H2. The molecule has 0 N–H and O–H groups in total. The van der Waals surface area contributed by atoms with Crippen molar-refractivity contribution in [2.75, 3.05) is 0 Å². The van der Waals surface area contributed by atoms with E-state index in [1.165, 1.54) is 23.0 Å². The summed E-state index contributed by atoms with van der Waals surface area (Å²) in [5.74, 6) is -0.242. The lowest BCUT2D eigenvalue weighted by Gasteiger charge is -2.05. The fourth-order valence-corrected chi connectivity index (χ4v) is 1.54. The first-order chi connectivity index (χ1) is 7.22. The fraction of sp³-hybridized carbons (Fsp3) is 0.111. The third kappa shape index (κ3) is 1.96. The van der Waals surface area contributed by atoms with Gasteiger partial charge in [-0.05, 0) is 18.2 Å². The smallest absolute Gasteiger partial charge is 0.150 e. The Labute approximate surface area is 95.4 Å². The maximum absolute atomic E-state index is 13.5. The van der Waals surface area contributed by atoms with Gasteiger partial charge in [-0.3, -0.25) is 0 Å². The summed E-state index contributed by atoms with van der Waals surface area (Å²) in [4.78, 5) is 0. The molecule has 15 heavy (non-hydrogen) atoms. The summed E-state index contributed by atoms with van der Waals surface area (Å²) >= 11 is 11.3. The molecule has 2 rings (SSSR count). The largest absolute Gasteiger partial charge is 0.213 e. The van der Waals surface area contributed by atoms with Crippen molar-refractivity contribution in [2.24, 2.45) is 0 Å². The van der Waals surface area contributed by atoms with Crippen LogP contribution in [0.3, 0.4) is 0 Å². The van der Waals surface area contributed by atoms with Gasteiger partial charge in [-0.2, -0.15) is 0 Å². The van der Waals surface area contributed by atoms with Gasteiger partial charge in [0.25, 0.3) is 0 Å². The van der Waals surface area contributed by atoms with E-state index in [-0.39, 0.29) is 11.6 Å². The summed E-state index contributed by atoms with van der Waals surface area (Å²) in [6.45, 7) is 0. The van der Waals surface area contributed by atoms with Gasteiger partial charge in [-0.1, -0.05) is 16.8 Å². The van der Waals surface area contributed by atoms with Gasteiger partial charge in [0.1, 0.15) is 11.5 Å². The van der Waals surface area contributed by atoms with Gasteiger partial charge >= 0.3 is 0 Å². The van der Waals surface area contributed by atoms with Gasteiger partial charge < -0.3 is 0 Å². The molecule has 3 nitrogen and oxygen atoms in total. The third-order valence-electron chi connectivity index (χ3n) is 1.89. The van der Waals surface area contributed by atoms with E-state index in [4.69, 9.17) is 23.2 Å². The van der Waals surface area contributed by atoms with Crippen LogP contribution >= 0.6 is 23.2 Å². The molecule has 0 aliphatic carbocycles. The minimum Gasteiger partial charge on any atom is -0.213 e. The van der Waals surface area contributed by atoms with Crippen LogP contribution in [-0.4, -0.2) is 15.0 Å². The molecule has 0 fully saturated rings. The summed E-state index contributed by atoms with van der Waals surface area (Å²) in [6, 6.07) is 4.33. The van der Waals surface area contributed by atoms with Crippen molar-refractivity contribution < 1.29 is 4.39 Å². The number of rotatable bonds is 2. The quantitative estimate of drug-likeness (QED) is 0.763. The highest BCUT2D eigenvalue weighted by Crippen LogP contribution is 2.19. The van der Waals surface area contributed by atoms with Crippen molar-refractivity contribution in [3.05, 3.63) is 40.9 Å². The van der Waals surface area contributed by atoms with Gasteiger partial charge in [0, 0.05) is 5.02 Å². The van der Waals surface area contributed by atoms with Crippen molar-refractivity contribution in [2.45, 2.75) is 5.88 Å². The molecule has 0 aliphatic heterocycles. The molecule has 78 valence electrons. The monoisotopic (exact) mass is 245 g/mol. The van der Waals surface area contributed by atoms with E-state index in [1.54, 1.807) is 6.07 Å². The van der Waals surface area contributed by atoms with Crippen molar-refractivity contribution in [1.82, 2.24) is 15.0 Å². The van der Waals surface area contributed by atoms with E-state index in [0.717, 1.165) is 0 Å². The van der Waals surface area contributed by atoms with Crippen LogP contribution in [0.1, 0.15) is 5.69 Å². The molecule has 0 aliphatic rings. The molecule has 1 aromatic carbocycles. The maximum atomic E-state index is 13.5. The lowest BCUT2D eigenvalue weighted by atomic mass is 10.3. The first kappa shape index (κ1) is 10.4. The minimum atomic E-state index is -0.459. The Hall–Kier alpha value is -1.13. The first-order valence-electron chi connectivity index (χ1n) is 4.13. The summed E-state index contributed by atoms with van der Waals surface area (Å²) in [7, 11) is 0. The number of benzene rings is 1. The normalized spacial score (nSPS) is 10.6. The predicted octanol–water partition coefficient (Wildman–Crippen LogP) is 2.80. The van der Waals surface area contributed by atoms with Crippen LogP contribution in [0.4, 0.5) is 4.39 Å². The van der Waals surface area contributed by atoms with Gasteiger partial charge in [0.05, 0.1) is 17.8 Å². The minimum absolute atomic E-state index is 0.217. The molecule has 0 amide bonds. The number of hydrogen-bond donors (Lipinski definition) is 0. The highest BCUT2D eigenvalue weighted by atomic mass is 35.5. The average Bonchev–Trinajstić information content (AvgIpc) is 2.65. The van der Waals surface area contributed by atoms with Crippen molar-refractivity contribution in [3.63, 3.8) is 0 Å². The molecule has 2 aromatic rings. The van der Waals surface area contributed by atoms with Crippen LogP contribution in [0.5, 0.6) is 0 Å². The Morgan fingerprint density at radius 3 is 2.87 bits per heavy atom. The van der Waals surface area contributed by atoms with Gasteiger partial charge in [0.2, 0.25) is 0 Å². The van der Waals surface area contributed by atoms with Crippen molar-refractivity contribution in [3.8, 4) is 5.69 Å². The Balaban J connectivity index is 2.54. The topological polar surface area (TPSA) is 30.7 Å². The summed E-state index contributed by atoms with van der Waals surface area (Å²) in [5.41, 5.74) is 0.908. The summed E-state index contributed by atoms with van der Waals surface area (Å²) in [5, 5.41) is 7.75. The average molecular weight is 246 g/mol. The van der Waals surface area contributed by atoms with E-state index in [2.05, 4.69) is 10.3 Å². The molecular weight excluding hydrogens is 240 g/mol. The predicted molar refractivity (Wildman–Crippen MR) is 55.9 cm³/mol. The highest BCUT2D eigenvalue weighted by molar-refractivity contribution is 6.30. The maximum Gasteiger partial charge on any atom is 0.150 e. The number of aromatic nitrogens is 3. The molecule has 0 unspecified atom stereocenters. The Morgan fingerprint density at radius 1 is 1.40 bits per heavy atom. The molecule has 0 radical (unpaired) electrons. The van der Waals surface area contributed by atoms with E-state index < -0.39 is 5.82 Å². The zero-order chi connectivity index (χ0) is 10.8. The lowest BCUT2D eigenvalue weighted by Crippen LogP contribution is -2.03. The SMILES string of the molecule is Fc1cc(Cl)ccc1-n1nncc1CCl. The van der Waals surface area contributed by atoms with Crippen LogP contribution in [0.2, 0.25) is 5.02 Å². The number of hydrogen-bond acceptors (Lipinski definition) is 2. The number of nitrogens with zero attached hydrogens (tertiary/aromatic N) is 3. The second-order valence-electron chi connectivity index (χ2n) is 2.87. The molecule has 0 atom stereocenters. The molecule has 0 saturated heterocycles. The first-order valence-corrected chi connectivity index (χ1v) is 5.04. The van der Waals surface area contributed by atoms with E-state index in [1.807, 2.05) is 0 Å². The Kier molecular flexibility index (Phi) is 2.88. The molecule has 0 bridgehead atoms. The van der Waals surface area contributed by atoms with E-state index >= 15 is 0 Å². The fourth-order valence-electron chi connectivity index (χ4n) is 1.20. The Morgan fingerprint density at radius 2 is 2.20 bits per heavy atom. The summed E-state index contributed by atoms with van der Waals surface area (Å²) < 4.78 is 14.9. The number of alkyl halides is 1. The lowest BCUT2D eigenvalue weighted by molar-refractivity contribution is 0.604. The van der Waals surface area contributed by atoms with Crippen LogP contribution in [0.25, 0.3) is 5.69 Å². The van der Waals surface area contributed by atoms with Crippen LogP contribution in [-0.2, 0) is 5.88 Å². The molecule has 0 spiro atoms. The van der Waals surface area contributed by atoms with E-state index in [0.29, 0.717) is 10.7 Å². The highest BCUT2D eigenvalue weighted by Gasteiger charge is 2.10.